The average molecular weight is 284 g/mol. The first-order valence-electron chi connectivity index (χ1n) is 7.57. The van der Waals surface area contributed by atoms with Crippen molar-refractivity contribution >= 4 is 5.82 Å². The second kappa shape index (κ2) is 7.74. The Balaban J connectivity index is 2.05. The molecule has 0 radical (unpaired) electrons. The van der Waals surface area contributed by atoms with Gasteiger partial charge in [0.05, 0.1) is 0 Å². The van der Waals surface area contributed by atoms with Crippen LogP contribution < -0.4 is 10.6 Å². The van der Waals surface area contributed by atoms with Gasteiger partial charge in [-0.1, -0.05) is 13.0 Å². The molecular weight excluding hydrogens is 260 g/mol. The molecular formula is C17H24N4. The van der Waals surface area contributed by atoms with Gasteiger partial charge in [0.1, 0.15) is 5.82 Å². The van der Waals surface area contributed by atoms with Gasteiger partial charge in [0.25, 0.3) is 0 Å². The molecule has 0 aliphatic heterocycles. The maximum Gasteiger partial charge on any atom is 0.128 e. The maximum absolute atomic E-state index is 5.99. The first-order chi connectivity index (χ1) is 10.2. The number of hydrogen-bond donors (Lipinski definition) is 1. The fraction of sp³-hybridized carbons (Fsp3) is 0.412. The van der Waals surface area contributed by atoms with Crippen molar-refractivity contribution in [2.45, 2.75) is 39.3 Å². The second-order valence-electron chi connectivity index (χ2n) is 5.27. The monoisotopic (exact) mass is 284 g/mol. The van der Waals surface area contributed by atoms with Gasteiger partial charge >= 0.3 is 0 Å². The molecule has 0 saturated carbocycles. The van der Waals surface area contributed by atoms with Gasteiger partial charge in [-0.2, -0.15) is 0 Å². The largest absolute Gasteiger partial charge is 0.353 e. The third kappa shape index (κ3) is 4.53. The number of nitrogens with two attached hydrogens (primary N) is 1. The number of aromatic nitrogens is 2. The minimum atomic E-state index is 0.219. The van der Waals surface area contributed by atoms with Crippen molar-refractivity contribution in [1.29, 1.82) is 0 Å². The predicted molar refractivity (Wildman–Crippen MR) is 87.2 cm³/mol. The van der Waals surface area contributed by atoms with E-state index in [2.05, 4.69) is 40.8 Å². The summed E-state index contributed by atoms with van der Waals surface area (Å²) in [7, 11) is 0. The van der Waals surface area contributed by atoms with E-state index in [1.54, 1.807) is 0 Å². The van der Waals surface area contributed by atoms with Crippen molar-refractivity contribution in [2.75, 3.05) is 11.4 Å². The van der Waals surface area contributed by atoms with Crippen molar-refractivity contribution < 1.29 is 0 Å². The Morgan fingerprint density at radius 2 is 1.86 bits per heavy atom. The van der Waals surface area contributed by atoms with E-state index in [-0.39, 0.29) is 6.04 Å². The molecule has 0 bridgehead atoms. The molecule has 0 saturated heterocycles. The van der Waals surface area contributed by atoms with Crippen LogP contribution in [0.15, 0.2) is 42.9 Å². The highest BCUT2D eigenvalue weighted by atomic mass is 15.2. The molecule has 1 atom stereocenters. The van der Waals surface area contributed by atoms with Crippen molar-refractivity contribution in [3.63, 3.8) is 0 Å². The summed E-state index contributed by atoms with van der Waals surface area (Å²) < 4.78 is 0. The van der Waals surface area contributed by atoms with E-state index in [1.165, 1.54) is 11.1 Å². The minimum absolute atomic E-state index is 0.219. The van der Waals surface area contributed by atoms with Crippen LogP contribution >= 0.6 is 0 Å². The van der Waals surface area contributed by atoms with E-state index in [0.717, 1.165) is 31.7 Å². The highest BCUT2D eigenvalue weighted by molar-refractivity contribution is 5.40. The molecule has 2 heterocycles. The smallest absolute Gasteiger partial charge is 0.128 e. The summed E-state index contributed by atoms with van der Waals surface area (Å²) in [6, 6.07) is 8.51. The van der Waals surface area contributed by atoms with Crippen LogP contribution in [0.1, 0.15) is 31.4 Å². The summed E-state index contributed by atoms with van der Waals surface area (Å²) in [5, 5.41) is 0. The van der Waals surface area contributed by atoms with Gasteiger partial charge in [-0.15, -0.1) is 0 Å². The van der Waals surface area contributed by atoms with Crippen LogP contribution in [0.3, 0.4) is 0 Å². The SMILES string of the molecule is CCC(N)Cc1ccc(N(CC)Cc2ccncc2)nc1. The van der Waals surface area contributed by atoms with Crippen molar-refractivity contribution in [2.24, 2.45) is 5.73 Å². The van der Waals surface area contributed by atoms with Gasteiger partial charge < -0.3 is 10.6 Å². The number of rotatable bonds is 7. The van der Waals surface area contributed by atoms with Crippen LogP contribution in [0, 0.1) is 0 Å². The second-order valence-corrected chi connectivity index (χ2v) is 5.27. The fourth-order valence-corrected chi connectivity index (χ4v) is 2.23. The van der Waals surface area contributed by atoms with Gasteiger partial charge in [-0.05, 0) is 49.1 Å². The zero-order valence-electron chi connectivity index (χ0n) is 12.9. The lowest BCUT2D eigenvalue weighted by atomic mass is 10.1. The Kier molecular flexibility index (Phi) is 5.69. The maximum atomic E-state index is 5.99. The zero-order valence-corrected chi connectivity index (χ0v) is 12.9. The highest BCUT2D eigenvalue weighted by Crippen LogP contribution is 2.15. The lowest BCUT2D eigenvalue weighted by Crippen LogP contribution is -2.24. The van der Waals surface area contributed by atoms with Gasteiger partial charge in [0.2, 0.25) is 0 Å². The van der Waals surface area contributed by atoms with Crippen LogP contribution in [0.4, 0.5) is 5.82 Å². The van der Waals surface area contributed by atoms with E-state index < -0.39 is 0 Å². The van der Waals surface area contributed by atoms with E-state index in [1.807, 2.05) is 30.7 Å². The minimum Gasteiger partial charge on any atom is -0.353 e. The Morgan fingerprint density at radius 1 is 1.10 bits per heavy atom. The van der Waals surface area contributed by atoms with Crippen molar-refractivity contribution in [1.82, 2.24) is 9.97 Å². The molecule has 21 heavy (non-hydrogen) atoms. The molecule has 2 aromatic rings. The number of pyridine rings is 2. The molecule has 112 valence electrons. The molecule has 0 fully saturated rings. The Bertz CT molecular complexity index is 524. The van der Waals surface area contributed by atoms with Crippen molar-refractivity contribution in [3.05, 3.63) is 54.0 Å². The first-order valence-corrected chi connectivity index (χ1v) is 7.57. The summed E-state index contributed by atoms with van der Waals surface area (Å²) in [5.74, 6) is 1.00. The molecule has 4 heteroatoms. The van der Waals surface area contributed by atoms with E-state index in [4.69, 9.17) is 5.73 Å². The van der Waals surface area contributed by atoms with E-state index in [0.29, 0.717) is 0 Å². The van der Waals surface area contributed by atoms with E-state index in [9.17, 15) is 0 Å². The molecule has 0 aliphatic rings. The van der Waals surface area contributed by atoms with Crippen LogP contribution in [0.2, 0.25) is 0 Å². The third-order valence-electron chi connectivity index (χ3n) is 3.66. The van der Waals surface area contributed by atoms with Gasteiger partial charge in [0.15, 0.2) is 0 Å². The van der Waals surface area contributed by atoms with Crippen molar-refractivity contribution in [3.8, 4) is 0 Å². The molecule has 2 aromatic heterocycles. The lowest BCUT2D eigenvalue weighted by molar-refractivity contribution is 0.645. The zero-order chi connectivity index (χ0) is 15.1. The average Bonchev–Trinajstić information content (AvgIpc) is 2.54. The van der Waals surface area contributed by atoms with Gasteiger partial charge in [0, 0.05) is 37.7 Å². The molecule has 0 spiro atoms. The lowest BCUT2D eigenvalue weighted by Gasteiger charge is -2.22. The van der Waals surface area contributed by atoms with Gasteiger partial charge in [-0.25, -0.2) is 4.98 Å². The molecule has 0 aromatic carbocycles. The highest BCUT2D eigenvalue weighted by Gasteiger charge is 2.08. The summed E-state index contributed by atoms with van der Waals surface area (Å²) in [4.78, 5) is 10.9. The molecule has 4 nitrogen and oxygen atoms in total. The molecule has 2 N–H and O–H groups in total. The van der Waals surface area contributed by atoms with Crippen LogP contribution in [0.25, 0.3) is 0 Å². The Labute approximate surface area is 127 Å². The predicted octanol–water partition coefficient (Wildman–Crippen LogP) is 2.78. The number of nitrogens with zero attached hydrogens (tertiary/aromatic N) is 3. The van der Waals surface area contributed by atoms with Crippen LogP contribution in [0.5, 0.6) is 0 Å². The quantitative estimate of drug-likeness (QED) is 0.849. The van der Waals surface area contributed by atoms with E-state index >= 15 is 0 Å². The van der Waals surface area contributed by atoms with Crippen LogP contribution in [-0.2, 0) is 13.0 Å². The Morgan fingerprint density at radius 3 is 2.43 bits per heavy atom. The Hall–Kier alpha value is -1.94. The number of anilines is 1. The topological polar surface area (TPSA) is 55.0 Å². The third-order valence-corrected chi connectivity index (χ3v) is 3.66. The normalized spacial score (nSPS) is 12.1. The van der Waals surface area contributed by atoms with Crippen LogP contribution in [-0.4, -0.2) is 22.6 Å². The summed E-state index contributed by atoms with van der Waals surface area (Å²) in [5.41, 5.74) is 8.43. The standard InChI is InChI=1S/C17H24N4/c1-3-16(18)11-15-5-6-17(20-12-15)21(4-2)13-14-7-9-19-10-8-14/h5-10,12,16H,3-4,11,13,18H2,1-2H3. The number of hydrogen-bond acceptors (Lipinski definition) is 4. The summed E-state index contributed by atoms with van der Waals surface area (Å²) in [6.07, 6.45) is 7.48. The van der Waals surface area contributed by atoms with Gasteiger partial charge in [-0.3, -0.25) is 4.98 Å². The molecule has 0 aliphatic carbocycles. The first kappa shape index (κ1) is 15.4. The summed E-state index contributed by atoms with van der Waals surface area (Å²) >= 11 is 0. The molecule has 0 amide bonds. The summed E-state index contributed by atoms with van der Waals surface area (Å²) in [6.45, 7) is 6.02. The molecule has 1 unspecified atom stereocenters. The molecule has 2 rings (SSSR count). The fourth-order valence-electron chi connectivity index (χ4n) is 2.23.